The normalized spacial score (nSPS) is 17.5. The Morgan fingerprint density at radius 1 is 1.42 bits per heavy atom. The lowest BCUT2D eigenvalue weighted by molar-refractivity contribution is -0.137. The molecule has 2 rings (SSSR count). The topological polar surface area (TPSA) is 28.2 Å². The van der Waals surface area contributed by atoms with Gasteiger partial charge in [0.25, 0.3) is 0 Å². The molecule has 1 fully saturated rings. The maximum atomic E-state index is 12.4. The number of thiazole rings is 1. The van der Waals surface area contributed by atoms with Gasteiger partial charge >= 0.3 is 6.18 Å². The fourth-order valence-corrected chi connectivity index (χ4v) is 2.98. The predicted molar refractivity (Wildman–Crippen MR) is 71.7 cm³/mol. The van der Waals surface area contributed by atoms with Crippen LogP contribution in [0.1, 0.15) is 22.7 Å². The molecular weight excluding hydrogens is 299 g/mol. The molecule has 1 aliphatic rings. The Balaban J connectivity index is 0.00000180. The van der Waals surface area contributed by atoms with Gasteiger partial charge in [-0.2, -0.15) is 13.2 Å². The van der Waals surface area contributed by atoms with E-state index in [0.717, 1.165) is 37.3 Å². The molecule has 1 aromatic heterocycles. The van der Waals surface area contributed by atoms with Gasteiger partial charge in [0.15, 0.2) is 5.01 Å². The zero-order valence-electron chi connectivity index (χ0n) is 10.5. The predicted octanol–water partition coefficient (Wildman–Crippen LogP) is 2.77. The molecule has 3 nitrogen and oxygen atoms in total. The average Bonchev–Trinajstić information content (AvgIpc) is 2.78. The Hall–Kier alpha value is -0.370. The summed E-state index contributed by atoms with van der Waals surface area (Å²) in [5.41, 5.74) is 0. The maximum Gasteiger partial charge on any atom is 0.443 e. The zero-order valence-corrected chi connectivity index (χ0v) is 12.2. The summed E-state index contributed by atoms with van der Waals surface area (Å²) in [7, 11) is 1.96. The molecule has 8 heteroatoms. The van der Waals surface area contributed by atoms with Gasteiger partial charge in [-0.3, -0.25) is 4.90 Å². The number of hydrogen-bond acceptors (Lipinski definition) is 4. The first kappa shape index (κ1) is 16.7. The van der Waals surface area contributed by atoms with E-state index in [1.807, 2.05) is 7.05 Å². The number of halogens is 4. The smallest absolute Gasteiger partial charge is 0.317 e. The molecule has 110 valence electrons. The van der Waals surface area contributed by atoms with E-state index in [1.54, 1.807) is 0 Å². The number of hydrogen-bond donors (Lipinski definition) is 1. The molecular formula is C11H17ClF3N3S. The highest BCUT2D eigenvalue weighted by Gasteiger charge is 2.34. The molecule has 0 atom stereocenters. The minimum absolute atomic E-state index is 0. The van der Waals surface area contributed by atoms with Crippen LogP contribution in [0.15, 0.2) is 6.20 Å². The Kier molecular flexibility index (Phi) is 6.04. The summed E-state index contributed by atoms with van der Waals surface area (Å²) in [4.78, 5) is 6.23. The third-order valence-corrected chi connectivity index (χ3v) is 4.16. The van der Waals surface area contributed by atoms with Gasteiger partial charge in [0, 0.05) is 23.7 Å². The molecule has 0 unspecified atom stereocenters. The third-order valence-electron chi connectivity index (χ3n) is 3.13. The van der Waals surface area contributed by atoms with Crippen LogP contribution in [0.3, 0.4) is 0 Å². The Labute approximate surface area is 120 Å². The third kappa shape index (κ3) is 4.59. The number of piperidine rings is 1. The second kappa shape index (κ2) is 6.88. The lowest BCUT2D eigenvalue weighted by Gasteiger charge is -2.31. The van der Waals surface area contributed by atoms with E-state index in [-0.39, 0.29) is 12.4 Å². The van der Waals surface area contributed by atoms with E-state index in [9.17, 15) is 13.2 Å². The van der Waals surface area contributed by atoms with E-state index in [2.05, 4.69) is 15.2 Å². The molecule has 2 heterocycles. The van der Waals surface area contributed by atoms with Crippen LogP contribution in [-0.4, -0.2) is 36.1 Å². The van der Waals surface area contributed by atoms with E-state index in [4.69, 9.17) is 0 Å². The average molecular weight is 316 g/mol. The molecule has 0 spiro atoms. The van der Waals surface area contributed by atoms with Gasteiger partial charge in [-0.1, -0.05) is 0 Å². The lowest BCUT2D eigenvalue weighted by Crippen LogP contribution is -2.40. The van der Waals surface area contributed by atoms with Crippen molar-refractivity contribution in [1.82, 2.24) is 15.2 Å². The minimum atomic E-state index is -4.32. The second-order valence-electron chi connectivity index (χ2n) is 4.53. The van der Waals surface area contributed by atoms with Gasteiger partial charge in [-0.05, 0) is 33.0 Å². The van der Waals surface area contributed by atoms with Crippen molar-refractivity contribution in [2.45, 2.75) is 31.6 Å². The standard InChI is InChI=1S/C11H16F3N3S.ClH/c1-17(8-2-4-15-5-3-8)7-9-6-16-10(18-9)11(12,13)14;/h6,8,15H,2-5,7H2,1H3;1H. The van der Waals surface area contributed by atoms with Crippen molar-refractivity contribution in [2.24, 2.45) is 0 Å². The summed E-state index contributed by atoms with van der Waals surface area (Å²) in [6.45, 7) is 2.50. The fraction of sp³-hybridized carbons (Fsp3) is 0.727. The molecule has 1 saturated heterocycles. The lowest BCUT2D eigenvalue weighted by atomic mass is 10.1. The van der Waals surface area contributed by atoms with Crippen LogP contribution in [0.2, 0.25) is 0 Å². The largest absolute Gasteiger partial charge is 0.443 e. The van der Waals surface area contributed by atoms with Gasteiger partial charge in [0.1, 0.15) is 0 Å². The Morgan fingerprint density at radius 2 is 2.05 bits per heavy atom. The Bertz CT molecular complexity index is 391. The molecule has 0 aliphatic carbocycles. The van der Waals surface area contributed by atoms with Crippen LogP contribution in [0.5, 0.6) is 0 Å². The van der Waals surface area contributed by atoms with Crippen molar-refractivity contribution in [3.05, 3.63) is 16.1 Å². The molecule has 0 saturated carbocycles. The fourth-order valence-electron chi connectivity index (χ4n) is 2.13. The first-order valence-electron chi connectivity index (χ1n) is 5.89. The van der Waals surface area contributed by atoms with E-state index >= 15 is 0 Å². The van der Waals surface area contributed by atoms with Crippen molar-refractivity contribution < 1.29 is 13.2 Å². The van der Waals surface area contributed by atoms with Crippen LogP contribution in [0, 0.1) is 0 Å². The molecule has 1 aromatic rings. The number of alkyl halides is 3. The molecule has 0 radical (unpaired) electrons. The maximum absolute atomic E-state index is 12.4. The zero-order chi connectivity index (χ0) is 13.2. The second-order valence-corrected chi connectivity index (χ2v) is 5.64. The summed E-state index contributed by atoms with van der Waals surface area (Å²) in [5, 5.41) is 2.52. The van der Waals surface area contributed by atoms with E-state index < -0.39 is 11.2 Å². The first-order valence-corrected chi connectivity index (χ1v) is 6.71. The van der Waals surface area contributed by atoms with Crippen molar-refractivity contribution in [3.63, 3.8) is 0 Å². The highest BCUT2D eigenvalue weighted by atomic mass is 35.5. The summed E-state index contributed by atoms with van der Waals surface area (Å²) < 4.78 is 37.3. The van der Waals surface area contributed by atoms with Gasteiger partial charge in [-0.15, -0.1) is 23.7 Å². The molecule has 19 heavy (non-hydrogen) atoms. The van der Waals surface area contributed by atoms with Crippen LogP contribution < -0.4 is 5.32 Å². The molecule has 1 aliphatic heterocycles. The summed E-state index contributed by atoms with van der Waals surface area (Å²) in [6, 6.07) is 0.447. The van der Waals surface area contributed by atoms with Crippen molar-refractivity contribution in [3.8, 4) is 0 Å². The summed E-state index contributed by atoms with van der Waals surface area (Å²) in [5.74, 6) is 0. The Morgan fingerprint density at radius 3 is 2.58 bits per heavy atom. The highest BCUT2D eigenvalue weighted by molar-refractivity contribution is 7.11. The number of nitrogens with one attached hydrogen (secondary N) is 1. The van der Waals surface area contributed by atoms with Crippen molar-refractivity contribution in [2.75, 3.05) is 20.1 Å². The first-order chi connectivity index (χ1) is 8.47. The van der Waals surface area contributed by atoms with E-state index in [1.165, 1.54) is 6.20 Å². The molecule has 0 bridgehead atoms. The molecule has 0 aromatic carbocycles. The summed E-state index contributed by atoms with van der Waals surface area (Å²) in [6.07, 6.45) is -0.899. The van der Waals surface area contributed by atoms with Crippen molar-refractivity contribution >= 4 is 23.7 Å². The monoisotopic (exact) mass is 315 g/mol. The van der Waals surface area contributed by atoms with Gasteiger partial charge < -0.3 is 5.32 Å². The van der Waals surface area contributed by atoms with Crippen LogP contribution in [-0.2, 0) is 12.7 Å². The number of aromatic nitrogens is 1. The number of nitrogens with zero attached hydrogens (tertiary/aromatic N) is 2. The van der Waals surface area contributed by atoms with Gasteiger partial charge in [0.2, 0.25) is 0 Å². The van der Waals surface area contributed by atoms with E-state index in [0.29, 0.717) is 17.5 Å². The molecule has 1 N–H and O–H groups in total. The van der Waals surface area contributed by atoms with Crippen molar-refractivity contribution in [1.29, 1.82) is 0 Å². The quantitative estimate of drug-likeness (QED) is 0.929. The number of rotatable bonds is 3. The van der Waals surface area contributed by atoms with Gasteiger partial charge in [0.05, 0.1) is 0 Å². The minimum Gasteiger partial charge on any atom is -0.317 e. The van der Waals surface area contributed by atoms with Crippen LogP contribution >= 0.6 is 23.7 Å². The summed E-state index contributed by atoms with van der Waals surface area (Å²) >= 11 is 0.739. The van der Waals surface area contributed by atoms with Gasteiger partial charge in [-0.25, -0.2) is 4.98 Å². The van der Waals surface area contributed by atoms with Crippen LogP contribution in [0.25, 0.3) is 0 Å². The SMILES string of the molecule is CN(Cc1cnc(C(F)(F)F)s1)C1CCNCC1.Cl. The molecule has 0 amide bonds. The highest BCUT2D eigenvalue weighted by Crippen LogP contribution is 2.32. The van der Waals surface area contributed by atoms with Crippen LogP contribution in [0.4, 0.5) is 13.2 Å².